The minimum Gasteiger partial charge on any atom is -0.386 e. The molecule has 1 aromatic rings. The van der Waals surface area contributed by atoms with Crippen molar-refractivity contribution in [2.75, 3.05) is 27.3 Å². The Bertz CT molecular complexity index is 859. The van der Waals surface area contributed by atoms with E-state index in [0.29, 0.717) is 12.8 Å². The Balaban J connectivity index is 1.65. The maximum Gasteiger partial charge on any atom is 0.292 e. The van der Waals surface area contributed by atoms with Gasteiger partial charge >= 0.3 is 0 Å². The number of hydrogen-bond donors (Lipinski definition) is 1. The Hall–Kier alpha value is -2.45. The molecule has 2 fully saturated rings. The molecule has 1 saturated carbocycles. The van der Waals surface area contributed by atoms with E-state index in [1.807, 2.05) is 18.2 Å². The zero-order chi connectivity index (χ0) is 19.3. The zero-order valence-corrected chi connectivity index (χ0v) is 15.6. The molecule has 0 amide bonds. The predicted octanol–water partition coefficient (Wildman–Crippen LogP) is 1.62. The molecule has 2 atom stereocenters. The van der Waals surface area contributed by atoms with Crippen molar-refractivity contribution in [2.45, 2.75) is 25.3 Å². The van der Waals surface area contributed by atoms with Crippen LogP contribution in [-0.2, 0) is 16.0 Å². The Morgan fingerprint density at radius 1 is 1.11 bits per heavy atom. The van der Waals surface area contributed by atoms with E-state index in [0.717, 1.165) is 19.6 Å². The largest absolute Gasteiger partial charge is 0.386 e. The van der Waals surface area contributed by atoms with Crippen LogP contribution in [0.1, 0.15) is 18.4 Å². The smallest absolute Gasteiger partial charge is 0.292 e. The molecule has 0 radical (unpaired) electrons. The van der Waals surface area contributed by atoms with Crippen molar-refractivity contribution >= 4 is 5.84 Å². The van der Waals surface area contributed by atoms with Gasteiger partial charge in [-0.25, -0.2) is 4.99 Å². The van der Waals surface area contributed by atoms with Gasteiger partial charge in [0.1, 0.15) is 11.3 Å². The minimum atomic E-state index is -1.52. The maximum atomic E-state index is 10.2. The Kier molecular flexibility index (Phi) is 3.83. The van der Waals surface area contributed by atoms with Crippen LogP contribution in [0.5, 0.6) is 0 Å². The van der Waals surface area contributed by atoms with E-state index < -0.39 is 22.2 Å². The number of fused-ring (bicyclic) bond motifs is 3. The van der Waals surface area contributed by atoms with Crippen LogP contribution in [0.25, 0.3) is 0 Å². The van der Waals surface area contributed by atoms with Crippen LogP contribution in [0.3, 0.4) is 0 Å². The van der Waals surface area contributed by atoms with Gasteiger partial charge in [-0.05, 0) is 31.5 Å². The molecule has 2 N–H and O–H groups in total. The molecule has 7 heteroatoms. The number of amidine groups is 1. The standard InChI is InChI=1S/C20H23N5O2/c1-26-20(27-2)19(14-22)17(18(19,13-21)16(23)24-20)8-10-25(11-9-17)12-15-6-4-3-5-7-15/h3-7H,8-12H2,1-2H3,(H2,23,24)/t18-,19-/m1/s1. The van der Waals surface area contributed by atoms with Crippen LogP contribution in [0.2, 0.25) is 0 Å². The number of likely N-dealkylation sites (tertiary alicyclic amines) is 1. The van der Waals surface area contributed by atoms with Gasteiger partial charge in [0, 0.05) is 26.2 Å². The van der Waals surface area contributed by atoms with Gasteiger partial charge in [0.25, 0.3) is 5.91 Å². The molecule has 1 spiro atoms. The first-order valence-corrected chi connectivity index (χ1v) is 9.08. The molecule has 1 aliphatic carbocycles. The summed E-state index contributed by atoms with van der Waals surface area (Å²) in [4.78, 5) is 6.65. The van der Waals surface area contributed by atoms with E-state index in [2.05, 4.69) is 34.2 Å². The van der Waals surface area contributed by atoms with E-state index in [1.54, 1.807) is 0 Å². The summed E-state index contributed by atoms with van der Waals surface area (Å²) in [6, 6.07) is 15.0. The number of hydrogen-bond acceptors (Lipinski definition) is 7. The summed E-state index contributed by atoms with van der Waals surface area (Å²) in [5.41, 5.74) is 4.50. The number of nitrogens with zero attached hydrogens (tertiary/aromatic N) is 4. The molecule has 0 aromatic heterocycles. The molecule has 4 rings (SSSR count). The van der Waals surface area contributed by atoms with E-state index >= 15 is 0 Å². The Labute approximate surface area is 159 Å². The lowest BCUT2D eigenvalue weighted by Gasteiger charge is -2.38. The summed E-state index contributed by atoms with van der Waals surface area (Å²) in [7, 11) is 2.90. The lowest BCUT2D eigenvalue weighted by Crippen LogP contribution is -2.47. The molecule has 0 unspecified atom stereocenters. The van der Waals surface area contributed by atoms with Crippen LogP contribution >= 0.6 is 0 Å². The minimum absolute atomic E-state index is 0.159. The number of nitrogens with two attached hydrogens (primary N) is 1. The molecule has 7 nitrogen and oxygen atoms in total. The fourth-order valence-corrected chi connectivity index (χ4v) is 5.67. The summed E-state index contributed by atoms with van der Waals surface area (Å²) in [5, 5.41) is 20.3. The van der Waals surface area contributed by atoms with Gasteiger partial charge < -0.3 is 15.2 Å². The average Bonchev–Trinajstić information content (AvgIpc) is 3.13. The number of nitriles is 2. The van der Waals surface area contributed by atoms with Gasteiger partial charge in [-0.15, -0.1) is 0 Å². The fourth-order valence-electron chi connectivity index (χ4n) is 5.67. The SMILES string of the molecule is COC1(OC)N=C(N)[C@]2(C#N)C3(CCN(Cc4ccccc4)CC3)[C@@]12C#N. The quantitative estimate of drug-likeness (QED) is 0.813. The van der Waals surface area contributed by atoms with Crippen LogP contribution in [0.15, 0.2) is 35.3 Å². The van der Waals surface area contributed by atoms with Crippen LogP contribution < -0.4 is 5.73 Å². The molecule has 2 heterocycles. The predicted molar refractivity (Wildman–Crippen MR) is 97.8 cm³/mol. The highest BCUT2D eigenvalue weighted by Crippen LogP contribution is 2.88. The highest BCUT2D eigenvalue weighted by atomic mass is 16.7. The lowest BCUT2D eigenvalue weighted by atomic mass is 9.80. The van der Waals surface area contributed by atoms with Crippen LogP contribution in [0.4, 0.5) is 0 Å². The summed E-state index contributed by atoms with van der Waals surface area (Å²) in [6.45, 7) is 2.40. The number of benzene rings is 1. The van der Waals surface area contributed by atoms with Gasteiger partial charge in [0.05, 0.1) is 12.1 Å². The van der Waals surface area contributed by atoms with E-state index in [9.17, 15) is 10.5 Å². The Morgan fingerprint density at radius 3 is 2.26 bits per heavy atom. The van der Waals surface area contributed by atoms with Crippen molar-refractivity contribution in [3.8, 4) is 12.1 Å². The zero-order valence-electron chi connectivity index (χ0n) is 15.6. The number of ether oxygens (including phenoxy) is 2. The Morgan fingerprint density at radius 2 is 1.74 bits per heavy atom. The van der Waals surface area contributed by atoms with Crippen molar-refractivity contribution in [2.24, 2.45) is 27.0 Å². The second kappa shape index (κ2) is 5.77. The highest BCUT2D eigenvalue weighted by Gasteiger charge is 3.00. The summed E-state index contributed by atoms with van der Waals surface area (Å²) < 4.78 is 11.1. The highest BCUT2D eigenvalue weighted by molar-refractivity contribution is 6.00. The van der Waals surface area contributed by atoms with E-state index in [4.69, 9.17) is 15.2 Å². The molecule has 1 saturated heterocycles. The molecule has 0 bridgehead atoms. The van der Waals surface area contributed by atoms with Crippen molar-refractivity contribution in [3.63, 3.8) is 0 Å². The summed E-state index contributed by atoms with van der Waals surface area (Å²) in [6.07, 6.45) is 1.34. The third-order valence-corrected chi connectivity index (χ3v) is 6.91. The fraction of sp³-hybridized carbons (Fsp3) is 0.550. The van der Waals surface area contributed by atoms with Crippen molar-refractivity contribution in [1.82, 2.24) is 4.90 Å². The topological polar surface area (TPSA) is 108 Å². The molecule has 27 heavy (non-hydrogen) atoms. The average molecular weight is 365 g/mol. The number of methoxy groups -OCH3 is 2. The van der Waals surface area contributed by atoms with Crippen molar-refractivity contribution < 1.29 is 9.47 Å². The van der Waals surface area contributed by atoms with Gasteiger partial charge in [0.2, 0.25) is 0 Å². The number of aliphatic imine (C=N–C) groups is 1. The summed E-state index contributed by atoms with van der Waals surface area (Å²) in [5.74, 6) is -1.37. The van der Waals surface area contributed by atoms with Gasteiger partial charge in [-0.3, -0.25) is 4.90 Å². The van der Waals surface area contributed by atoms with Gasteiger partial charge in [-0.1, -0.05) is 30.3 Å². The van der Waals surface area contributed by atoms with E-state index in [1.165, 1.54) is 19.8 Å². The van der Waals surface area contributed by atoms with Gasteiger partial charge in [-0.2, -0.15) is 10.5 Å². The molecule has 140 valence electrons. The molecular weight excluding hydrogens is 342 g/mol. The first-order valence-electron chi connectivity index (χ1n) is 9.08. The monoisotopic (exact) mass is 365 g/mol. The lowest BCUT2D eigenvalue weighted by molar-refractivity contribution is -0.238. The van der Waals surface area contributed by atoms with Crippen molar-refractivity contribution in [1.29, 1.82) is 10.5 Å². The summed E-state index contributed by atoms with van der Waals surface area (Å²) >= 11 is 0. The second-order valence-corrected chi connectivity index (χ2v) is 7.55. The first kappa shape index (κ1) is 17.9. The first-order chi connectivity index (χ1) is 13.0. The molecule has 1 aromatic carbocycles. The number of piperidine rings is 1. The second-order valence-electron chi connectivity index (χ2n) is 7.55. The third-order valence-electron chi connectivity index (χ3n) is 6.91. The van der Waals surface area contributed by atoms with E-state index in [-0.39, 0.29) is 5.84 Å². The maximum absolute atomic E-state index is 10.2. The molecule has 2 aliphatic heterocycles. The molecule has 3 aliphatic rings. The van der Waals surface area contributed by atoms with Crippen molar-refractivity contribution in [3.05, 3.63) is 35.9 Å². The molecular formula is C20H23N5O2. The number of rotatable bonds is 4. The normalized spacial score (nSPS) is 33.0. The van der Waals surface area contributed by atoms with Crippen LogP contribution in [-0.4, -0.2) is 44.0 Å². The third kappa shape index (κ3) is 1.77. The van der Waals surface area contributed by atoms with Gasteiger partial charge in [0.15, 0.2) is 5.41 Å². The van der Waals surface area contributed by atoms with Crippen LogP contribution in [0, 0.1) is 38.9 Å².